The van der Waals surface area contributed by atoms with E-state index in [2.05, 4.69) is 4.98 Å². The zero-order chi connectivity index (χ0) is 12.6. The molecule has 6 nitrogen and oxygen atoms in total. The fraction of sp³-hybridized carbons (Fsp3) is 0.222. The Morgan fingerprint density at radius 2 is 2.00 bits per heavy atom. The maximum atomic E-state index is 11.8. The van der Waals surface area contributed by atoms with Gasteiger partial charge in [0, 0.05) is 23.4 Å². The van der Waals surface area contributed by atoms with Crippen LogP contribution in [0.25, 0.3) is 0 Å². The number of aromatic nitrogens is 1. The highest BCUT2D eigenvalue weighted by Gasteiger charge is 2.36. The van der Waals surface area contributed by atoms with Gasteiger partial charge in [-0.25, -0.2) is 8.42 Å². The van der Waals surface area contributed by atoms with Gasteiger partial charge in [0.1, 0.15) is 5.69 Å². The molecule has 1 aromatic heterocycles. The van der Waals surface area contributed by atoms with Crippen molar-refractivity contribution >= 4 is 31.5 Å². The minimum Gasteiger partial charge on any atom is -0.272 e. The number of rotatable bonds is 3. The third-order valence-electron chi connectivity index (χ3n) is 2.29. The smallest absolute Gasteiger partial charge is 0.272 e. The third kappa shape index (κ3) is 2.29. The first kappa shape index (κ1) is 12.0. The Balaban J connectivity index is 2.25. The number of imide groups is 1. The van der Waals surface area contributed by atoms with Gasteiger partial charge in [0.05, 0.1) is 11.3 Å². The molecule has 0 saturated heterocycles. The van der Waals surface area contributed by atoms with Crippen molar-refractivity contribution in [1.29, 1.82) is 0 Å². The van der Waals surface area contributed by atoms with E-state index in [1.807, 2.05) is 0 Å². The molecule has 8 heteroatoms. The van der Waals surface area contributed by atoms with Gasteiger partial charge in [-0.2, -0.15) is 0 Å². The lowest BCUT2D eigenvalue weighted by Gasteiger charge is -2.11. The molecular weight excluding hydrogens is 268 g/mol. The van der Waals surface area contributed by atoms with E-state index in [1.54, 1.807) is 0 Å². The van der Waals surface area contributed by atoms with Crippen LogP contribution in [-0.4, -0.2) is 42.4 Å². The van der Waals surface area contributed by atoms with E-state index < -0.39 is 26.6 Å². The molecule has 0 aliphatic carbocycles. The minimum atomic E-state index is -3.74. The van der Waals surface area contributed by atoms with Gasteiger partial charge in [-0.1, -0.05) is 0 Å². The number of carbonyl (C=O) groups excluding carboxylic acids is 2. The molecule has 0 fully saturated rings. The van der Waals surface area contributed by atoms with Gasteiger partial charge >= 0.3 is 0 Å². The van der Waals surface area contributed by atoms with Crippen molar-refractivity contribution < 1.29 is 18.0 Å². The molecule has 0 spiro atoms. The van der Waals surface area contributed by atoms with E-state index in [9.17, 15) is 18.0 Å². The Kier molecular flexibility index (Phi) is 2.88. The summed E-state index contributed by atoms with van der Waals surface area (Å²) < 4.78 is 21.5. The quantitative estimate of drug-likeness (QED) is 0.582. The molecule has 2 rings (SSSR count). The average Bonchev–Trinajstić information content (AvgIpc) is 2.49. The van der Waals surface area contributed by atoms with Crippen molar-refractivity contribution in [2.24, 2.45) is 0 Å². The van der Waals surface area contributed by atoms with E-state index >= 15 is 0 Å². The predicted molar refractivity (Wildman–Crippen MR) is 59.2 cm³/mol. The summed E-state index contributed by atoms with van der Waals surface area (Å²) in [5, 5.41) is 0. The number of pyridine rings is 1. The van der Waals surface area contributed by atoms with Crippen LogP contribution < -0.4 is 0 Å². The van der Waals surface area contributed by atoms with Gasteiger partial charge in [-0.15, -0.1) is 0 Å². The van der Waals surface area contributed by atoms with Crippen LogP contribution in [0.1, 0.15) is 20.8 Å². The normalized spacial score (nSPS) is 15.2. The summed E-state index contributed by atoms with van der Waals surface area (Å²) in [6, 6.07) is 3.00. The summed E-state index contributed by atoms with van der Waals surface area (Å²) in [7, 11) is 1.29. The van der Waals surface area contributed by atoms with Gasteiger partial charge in [-0.05, 0) is 12.1 Å². The van der Waals surface area contributed by atoms with Gasteiger partial charge in [-0.3, -0.25) is 19.5 Å². The first-order valence-electron chi connectivity index (χ1n) is 4.64. The number of amides is 2. The molecule has 90 valence electrons. The fourth-order valence-corrected chi connectivity index (χ4v) is 2.12. The Labute approximate surface area is 102 Å². The second kappa shape index (κ2) is 4.08. The van der Waals surface area contributed by atoms with Crippen molar-refractivity contribution in [3.8, 4) is 0 Å². The summed E-state index contributed by atoms with van der Waals surface area (Å²) in [5.41, 5.74) is 0.231. The number of fused-ring (bicyclic) bond motifs is 1. The number of halogens is 1. The van der Waals surface area contributed by atoms with Crippen LogP contribution in [0.4, 0.5) is 0 Å². The third-order valence-corrected chi connectivity index (χ3v) is 3.42. The lowest BCUT2D eigenvalue weighted by atomic mass is 10.2. The number of hydrogen-bond donors (Lipinski definition) is 0. The predicted octanol–water partition coefficient (Wildman–Crippen LogP) is 0.246. The Hall–Kier alpha value is -1.47. The van der Waals surface area contributed by atoms with Gasteiger partial charge < -0.3 is 0 Å². The second-order valence-corrected chi connectivity index (χ2v) is 6.30. The summed E-state index contributed by atoms with van der Waals surface area (Å²) in [6.07, 6.45) is 1.39. The largest absolute Gasteiger partial charge is 0.280 e. The zero-order valence-electron chi connectivity index (χ0n) is 8.46. The number of hydrogen-bond acceptors (Lipinski definition) is 5. The summed E-state index contributed by atoms with van der Waals surface area (Å²) >= 11 is 0. The monoisotopic (exact) mass is 274 g/mol. The first-order chi connectivity index (χ1) is 7.90. The van der Waals surface area contributed by atoms with Crippen molar-refractivity contribution in [1.82, 2.24) is 9.88 Å². The van der Waals surface area contributed by atoms with Gasteiger partial charge in [0.25, 0.3) is 11.8 Å². The highest BCUT2D eigenvalue weighted by atomic mass is 35.7. The van der Waals surface area contributed by atoms with E-state index in [4.69, 9.17) is 10.7 Å². The topological polar surface area (TPSA) is 84.4 Å². The van der Waals surface area contributed by atoms with Crippen LogP contribution in [-0.2, 0) is 9.05 Å². The van der Waals surface area contributed by atoms with Crippen LogP contribution >= 0.6 is 10.7 Å². The lowest BCUT2D eigenvalue weighted by Crippen LogP contribution is -2.33. The molecule has 1 aliphatic rings. The molecule has 0 atom stereocenters. The molecule has 1 aromatic rings. The van der Waals surface area contributed by atoms with Gasteiger partial charge in [0.2, 0.25) is 9.05 Å². The Morgan fingerprint density at radius 1 is 1.29 bits per heavy atom. The molecule has 0 N–H and O–H groups in total. The Bertz CT molecular complexity index is 564. The summed E-state index contributed by atoms with van der Waals surface area (Å²) in [4.78, 5) is 28.1. The van der Waals surface area contributed by atoms with E-state index in [0.29, 0.717) is 0 Å². The highest BCUT2D eigenvalue weighted by Crippen LogP contribution is 2.20. The van der Waals surface area contributed by atoms with Crippen molar-refractivity contribution in [3.63, 3.8) is 0 Å². The van der Waals surface area contributed by atoms with Crippen LogP contribution in [0.2, 0.25) is 0 Å². The fourth-order valence-electron chi connectivity index (χ4n) is 1.52. The number of nitrogens with zero attached hydrogens (tertiary/aromatic N) is 2. The molecule has 0 aromatic carbocycles. The van der Waals surface area contributed by atoms with Crippen LogP contribution in [0.15, 0.2) is 18.3 Å². The SMILES string of the molecule is O=C1c2cccnc2C(=O)N1CCS(=O)(=O)Cl. The van der Waals surface area contributed by atoms with Gasteiger partial charge in [0.15, 0.2) is 0 Å². The molecule has 0 radical (unpaired) electrons. The van der Waals surface area contributed by atoms with Crippen LogP contribution in [0.5, 0.6) is 0 Å². The van der Waals surface area contributed by atoms with Crippen molar-refractivity contribution in [2.45, 2.75) is 0 Å². The highest BCUT2D eigenvalue weighted by molar-refractivity contribution is 8.13. The molecule has 2 amide bonds. The first-order valence-corrected chi connectivity index (χ1v) is 7.11. The molecular formula is C9H7ClN2O4S. The maximum Gasteiger partial charge on any atom is 0.280 e. The van der Waals surface area contributed by atoms with E-state index in [0.717, 1.165) is 4.90 Å². The number of carbonyl (C=O) groups is 2. The van der Waals surface area contributed by atoms with E-state index in [1.165, 1.54) is 18.3 Å². The molecule has 1 aliphatic heterocycles. The zero-order valence-corrected chi connectivity index (χ0v) is 10.0. The second-order valence-electron chi connectivity index (χ2n) is 3.40. The van der Waals surface area contributed by atoms with Crippen molar-refractivity contribution in [3.05, 3.63) is 29.6 Å². The molecule has 0 unspecified atom stereocenters. The van der Waals surface area contributed by atoms with Crippen LogP contribution in [0.3, 0.4) is 0 Å². The maximum absolute atomic E-state index is 11.8. The molecule has 17 heavy (non-hydrogen) atoms. The Morgan fingerprint density at radius 3 is 2.59 bits per heavy atom. The minimum absolute atomic E-state index is 0.0458. The lowest BCUT2D eigenvalue weighted by molar-refractivity contribution is 0.0662. The molecule has 2 heterocycles. The average molecular weight is 275 g/mol. The molecule has 0 bridgehead atoms. The summed E-state index contributed by atoms with van der Waals surface area (Å²) in [6.45, 7) is -0.264. The standard InChI is InChI=1S/C9H7ClN2O4S/c10-17(15,16)5-4-12-8(13)6-2-1-3-11-7(6)9(12)14/h1-3H,4-5H2. The summed E-state index contributed by atoms with van der Waals surface area (Å²) in [5.74, 6) is -1.61. The molecule has 0 saturated carbocycles. The van der Waals surface area contributed by atoms with Crippen molar-refractivity contribution in [2.75, 3.05) is 12.3 Å². The van der Waals surface area contributed by atoms with E-state index in [-0.39, 0.29) is 17.8 Å². The van der Waals surface area contributed by atoms with Crippen LogP contribution in [0, 0.1) is 0 Å².